The van der Waals surface area contributed by atoms with Crippen molar-refractivity contribution in [3.8, 4) is 22.6 Å². The molecule has 0 saturated carbocycles. The van der Waals surface area contributed by atoms with Crippen LogP contribution < -0.4 is 20.1 Å². The minimum atomic E-state index is -0.808. The summed E-state index contributed by atoms with van der Waals surface area (Å²) in [5.41, 5.74) is 2.69. The fourth-order valence-electron chi connectivity index (χ4n) is 3.81. The maximum atomic E-state index is 13.4. The molecular formula is C23H23FN4O4. The van der Waals surface area contributed by atoms with Gasteiger partial charge in [0.15, 0.2) is 11.5 Å². The summed E-state index contributed by atoms with van der Waals surface area (Å²) >= 11 is 0. The number of aryl methyl sites for hydroxylation is 1. The smallest absolute Gasteiger partial charge is 0.251 e. The van der Waals surface area contributed by atoms with E-state index < -0.39 is 17.8 Å². The zero-order chi connectivity index (χ0) is 22.8. The second-order valence-corrected chi connectivity index (χ2v) is 7.31. The van der Waals surface area contributed by atoms with Gasteiger partial charge in [-0.15, -0.1) is 0 Å². The maximum Gasteiger partial charge on any atom is 0.251 e. The van der Waals surface area contributed by atoms with Crippen LogP contribution in [0.4, 0.5) is 15.9 Å². The molecule has 4 rings (SSSR count). The highest BCUT2D eigenvalue weighted by atomic mass is 19.1. The molecule has 1 unspecified atom stereocenters. The minimum Gasteiger partial charge on any atom is -0.493 e. The van der Waals surface area contributed by atoms with Gasteiger partial charge in [-0.2, -0.15) is 5.10 Å². The summed E-state index contributed by atoms with van der Waals surface area (Å²) in [6, 6.07) is 10.3. The third kappa shape index (κ3) is 3.89. The highest BCUT2D eigenvalue weighted by Gasteiger charge is 2.37. The molecule has 166 valence electrons. The van der Waals surface area contributed by atoms with Gasteiger partial charge in [0.05, 0.1) is 26.3 Å². The molecule has 0 fully saturated rings. The number of carbonyl (C=O) groups is 2. The number of nitrogens with one attached hydrogen (secondary N) is 2. The number of hydrogen-bond acceptors (Lipinski definition) is 5. The van der Waals surface area contributed by atoms with Crippen molar-refractivity contribution in [2.45, 2.75) is 25.8 Å². The summed E-state index contributed by atoms with van der Waals surface area (Å²) in [5.74, 6) is 0.484. The van der Waals surface area contributed by atoms with Crippen LogP contribution in [0.25, 0.3) is 11.1 Å². The van der Waals surface area contributed by atoms with Gasteiger partial charge in [0.25, 0.3) is 5.91 Å². The highest BCUT2D eigenvalue weighted by molar-refractivity contribution is 6.04. The first-order valence-electron chi connectivity index (χ1n) is 10.1. The largest absolute Gasteiger partial charge is 0.493 e. The number of methoxy groups -OCH3 is 2. The second-order valence-electron chi connectivity index (χ2n) is 7.31. The number of carbonyl (C=O) groups excluding carboxylic acids is 2. The fourth-order valence-corrected chi connectivity index (χ4v) is 3.81. The Labute approximate surface area is 184 Å². The van der Waals surface area contributed by atoms with Crippen LogP contribution in [-0.2, 0) is 16.0 Å². The number of amides is 2. The van der Waals surface area contributed by atoms with Gasteiger partial charge in [-0.1, -0.05) is 19.1 Å². The molecule has 2 amide bonds. The first kappa shape index (κ1) is 21.4. The first-order valence-corrected chi connectivity index (χ1v) is 10.1. The van der Waals surface area contributed by atoms with E-state index in [0.717, 1.165) is 16.8 Å². The maximum absolute atomic E-state index is 13.4. The number of hydrogen-bond donors (Lipinski definition) is 2. The summed E-state index contributed by atoms with van der Waals surface area (Å²) in [6.45, 7) is 1.97. The van der Waals surface area contributed by atoms with E-state index in [1.165, 1.54) is 18.2 Å². The molecule has 1 aliphatic heterocycles. The average Bonchev–Trinajstić information content (AvgIpc) is 3.28. The Hall–Kier alpha value is -3.88. The van der Waals surface area contributed by atoms with Crippen LogP contribution in [0.2, 0.25) is 0 Å². The summed E-state index contributed by atoms with van der Waals surface area (Å²) < 4.78 is 25.7. The van der Waals surface area contributed by atoms with E-state index in [9.17, 15) is 14.0 Å². The Morgan fingerprint density at radius 1 is 1.19 bits per heavy atom. The Bertz CT molecular complexity index is 1190. The normalized spacial score (nSPS) is 14.6. The number of ether oxygens (including phenoxy) is 2. The lowest BCUT2D eigenvalue weighted by Crippen LogP contribution is -2.24. The third-order valence-corrected chi connectivity index (χ3v) is 5.32. The summed E-state index contributed by atoms with van der Waals surface area (Å²) in [6.07, 6.45) is 0.493. The molecule has 2 aromatic carbocycles. The Morgan fingerprint density at radius 3 is 2.66 bits per heavy atom. The van der Waals surface area contributed by atoms with Crippen molar-refractivity contribution in [2.24, 2.45) is 0 Å². The molecule has 1 atom stereocenters. The van der Waals surface area contributed by atoms with E-state index in [2.05, 4.69) is 15.7 Å². The Balaban J connectivity index is 1.64. The van der Waals surface area contributed by atoms with Crippen LogP contribution in [0.3, 0.4) is 0 Å². The van der Waals surface area contributed by atoms with E-state index in [-0.39, 0.29) is 12.3 Å². The number of anilines is 2. The molecule has 9 heteroatoms. The van der Waals surface area contributed by atoms with Crippen molar-refractivity contribution in [3.63, 3.8) is 0 Å². The van der Waals surface area contributed by atoms with Crippen molar-refractivity contribution in [3.05, 3.63) is 54.0 Å². The molecule has 0 radical (unpaired) electrons. The molecule has 2 N–H and O–H groups in total. The van der Waals surface area contributed by atoms with E-state index in [1.54, 1.807) is 31.0 Å². The zero-order valence-corrected chi connectivity index (χ0v) is 17.9. The van der Waals surface area contributed by atoms with Gasteiger partial charge in [0.1, 0.15) is 17.7 Å². The average molecular weight is 438 g/mol. The fraction of sp³-hybridized carbons (Fsp3) is 0.261. The van der Waals surface area contributed by atoms with Crippen LogP contribution in [0.1, 0.15) is 25.1 Å². The molecule has 0 aliphatic carbocycles. The van der Waals surface area contributed by atoms with Gasteiger partial charge >= 0.3 is 0 Å². The van der Waals surface area contributed by atoms with Crippen LogP contribution in [0, 0.1) is 5.82 Å². The van der Waals surface area contributed by atoms with Crippen molar-refractivity contribution in [1.82, 2.24) is 9.78 Å². The van der Waals surface area contributed by atoms with Crippen LogP contribution in [-0.4, -0.2) is 35.8 Å². The van der Waals surface area contributed by atoms with Gasteiger partial charge in [0.2, 0.25) is 5.91 Å². The summed E-state index contributed by atoms with van der Waals surface area (Å²) in [5, 5.41) is 10.1. The van der Waals surface area contributed by atoms with Gasteiger partial charge in [-0.05, 0) is 42.3 Å². The molecule has 8 nitrogen and oxygen atoms in total. The molecule has 0 saturated heterocycles. The molecule has 32 heavy (non-hydrogen) atoms. The first-order chi connectivity index (χ1) is 15.4. The van der Waals surface area contributed by atoms with Gasteiger partial charge in [-0.3, -0.25) is 9.59 Å². The Morgan fingerprint density at radius 2 is 1.97 bits per heavy atom. The van der Waals surface area contributed by atoms with Crippen molar-refractivity contribution in [2.75, 3.05) is 24.9 Å². The van der Waals surface area contributed by atoms with E-state index >= 15 is 0 Å². The molecule has 3 aromatic rings. The number of halogens is 1. The quantitative estimate of drug-likeness (QED) is 0.585. The minimum absolute atomic E-state index is 0.133. The SMILES string of the molecule is CCc1nn2c(c1-c1ccc(OC)c(OC)c1)NC(=O)C2CC(=O)Nc1cccc(F)c1. The van der Waals surface area contributed by atoms with Gasteiger partial charge in [-0.25, -0.2) is 9.07 Å². The molecule has 0 spiro atoms. The molecule has 1 aromatic heterocycles. The lowest BCUT2D eigenvalue weighted by molar-refractivity contribution is -0.123. The number of benzene rings is 2. The van der Waals surface area contributed by atoms with Crippen LogP contribution in [0.5, 0.6) is 11.5 Å². The second kappa shape index (κ2) is 8.70. The summed E-state index contributed by atoms with van der Waals surface area (Å²) in [7, 11) is 3.12. The highest BCUT2D eigenvalue weighted by Crippen LogP contribution is 2.41. The Kier molecular flexibility index (Phi) is 5.81. The molecule has 2 heterocycles. The topological polar surface area (TPSA) is 94.5 Å². The zero-order valence-electron chi connectivity index (χ0n) is 17.9. The van der Waals surface area contributed by atoms with E-state index in [0.29, 0.717) is 29.4 Å². The number of nitrogens with zero attached hydrogens (tertiary/aromatic N) is 2. The number of fused-ring (bicyclic) bond motifs is 1. The lowest BCUT2D eigenvalue weighted by atomic mass is 10.0. The summed E-state index contributed by atoms with van der Waals surface area (Å²) in [4.78, 5) is 25.2. The third-order valence-electron chi connectivity index (χ3n) is 5.32. The van der Waals surface area contributed by atoms with E-state index in [4.69, 9.17) is 9.47 Å². The van der Waals surface area contributed by atoms with Gasteiger partial charge in [0, 0.05) is 11.3 Å². The predicted molar refractivity (Wildman–Crippen MR) is 117 cm³/mol. The number of rotatable bonds is 7. The lowest BCUT2D eigenvalue weighted by Gasteiger charge is -2.10. The van der Waals surface area contributed by atoms with Crippen LogP contribution >= 0.6 is 0 Å². The van der Waals surface area contributed by atoms with Crippen molar-refractivity contribution < 1.29 is 23.5 Å². The molecule has 1 aliphatic rings. The van der Waals surface area contributed by atoms with Gasteiger partial charge < -0.3 is 20.1 Å². The van der Waals surface area contributed by atoms with Crippen molar-refractivity contribution in [1.29, 1.82) is 0 Å². The number of aromatic nitrogens is 2. The molecule has 0 bridgehead atoms. The van der Waals surface area contributed by atoms with Crippen molar-refractivity contribution >= 4 is 23.3 Å². The van der Waals surface area contributed by atoms with E-state index in [1.807, 2.05) is 19.1 Å². The standard InChI is InChI=1S/C23H23FN4O4/c1-4-16-21(13-8-9-18(31-2)19(10-13)32-3)22-26-23(30)17(28(22)27-16)12-20(29)25-15-7-5-6-14(24)11-15/h5-11,17H,4,12H2,1-3H3,(H,25,29)(H,26,30). The monoisotopic (exact) mass is 438 g/mol. The molecular weight excluding hydrogens is 415 g/mol. The van der Waals surface area contributed by atoms with Crippen LogP contribution in [0.15, 0.2) is 42.5 Å². The predicted octanol–water partition coefficient (Wildman–Crippen LogP) is 3.79.